The number of nitrogens with one attached hydrogen (secondary N) is 1. The highest BCUT2D eigenvalue weighted by Crippen LogP contribution is 2.23. The largest absolute Gasteiger partial charge is 0.491 e. The lowest BCUT2D eigenvalue weighted by molar-refractivity contribution is 0.0937. The molecule has 1 aliphatic rings. The second-order valence-corrected chi connectivity index (χ2v) is 8.68. The van der Waals surface area contributed by atoms with Gasteiger partial charge in [0.25, 0.3) is 5.56 Å². The molecule has 1 atom stereocenters. The number of anilines is 1. The van der Waals surface area contributed by atoms with Crippen LogP contribution in [0.2, 0.25) is 0 Å². The predicted molar refractivity (Wildman–Crippen MR) is 123 cm³/mol. The number of aryl methyl sites for hydroxylation is 2. The fourth-order valence-corrected chi connectivity index (χ4v) is 4.25. The van der Waals surface area contributed by atoms with Crippen molar-refractivity contribution in [2.45, 2.75) is 57.7 Å². The Morgan fingerprint density at radius 1 is 1.12 bits per heavy atom. The number of hydrogen-bond donors (Lipinski definition) is 2. The maximum absolute atomic E-state index is 13.0. The van der Waals surface area contributed by atoms with E-state index in [0.717, 1.165) is 35.8 Å². The molecule has 172 valence electrons. The highest BCUT2D eigenvalue weighted by atomic mass is 16.5. The number of aliphatic hydroxyl groups is 1. The van der Waals surface area contributed by atoms with E-state index in [-0.39, 0.29) is 19.2 Å². The van der Waals surface area contributed by atoms with Crippen LogP contribution in [-0.4, -0.2) is 42.5 Å². The van der Waals surface area contributed by atoms with E-state index in [9.17, 15) is 14.7 Å². The van der Waals surface area contributed by atoms with Crippen molar-refractivity contribution in [2.24, 2.45) is 14.1 Å². The molecule has 1 aliphatic carbocycles. The van der Waals surface area contributed by atoms with Gasteiger partial charge in [0, 0.05) is 20.1 Å². The Morgan fingerprint density at radius 3 is 2.50 bits per heavy atom. The van der Waals surface area contributed by atoms with Crippen LogP contribution in [0.1, 0.15) is 37.7 Å². The summed E-state index contributed by atoms with van der Waals surface area (Å²) in [5.41, 5.74) is 0.867. The second-order valence-electron chi connectivity index (χ2n) is 8.68. The number of nitrogens with zero attached hydrogens (tertiary/aromatic N) is 4. The molecule has 32 heavy (non-hydrogen) atoms. The van der Waals surface area contributed by atoms with Gasteiger partial charge in [-0.1, -0.05) is 37.0 Å². The number of imidazole rings is 1. The lowest BCUT2D eigenvalue weighted by atomic mass is 9.96. The third kappa shape index (κ3) is 4.43. The molecule has 2 heterocycles. The predicted octanol–water partition coefficient (Wildman–Crippen LogP) is 1.93. The van der Waals surface area contributed by atoms with Gasteiger partial charge in [0.1, 0.15) is 18.5 Å². The van der Waals surface area contributed by atoms with Gasteiger partial charge < -0.3 is 19.7 Å². The number of hydrogen-bond acceptors (Lipinski definition) is 6. The van der Waals surface area contributed by atoms with Gasteiger partial charge in [0.05, 0.1) is 6.54 Å². The molecule has 1 saturated carbocycles. The van der Waals surface area contributed by atoms with Gasteiger partial charge in [-0.15, -0.1) is 0 Å². The van der Waals surface area contributed by atoms with Crippen molar-refractivity contribution in [2.75, 3.05) is 11.9 Å². The minimum Gasteiger partial charge on any atom is -0.491 e. The Hall–Kier alpha value is -3.07. The van der Waals surface area contributed by atoms with E-state index in [0.29, 0.717) is 22.9 Å². The molecule has 0 spiro atoms. The molecular formula is C23H31N5O4. The number of ether oxygens (including phenoxy) is 1. The quantitative estimate of drug-likeness (QED) is 0.581. The zero-order valence-corrected chi connectivity index (χ0v) is 18.9. The molecule has 0 bridgehead atoms. The number of fused-ring (bicyclic) bond motifs is 1. The zero-order chi connectivity index (χ0) is 22.8. The Kier molecular flexibility index (Phi) is 6.36. The van der Waals surface area contributed by atoms with Crippen molar-refractivity contribution in [3.8, 4) is 5.75 Å². The minimum atomic E-state index is -0.873. The van der Waals surface area contributed by atoms with Crippen molar-refractivity contribution in [1.82, 2.24) is 18.7 Å². The van der Waals surface area contributed by atoms with Gasteiger partial charge in [0.15, 0.2) is 11.2 Å². The second kappa shape index (κ2) is 9.20. The molecule has 1 aromatic carbocycles. The van der Waals surface area contributed by atoms with E-state index in [4.69, 9.17) is 4.74 Å². The molecule has 0 amide bonds. The van der Waals surface area contributed by atoms with Crippen LogP contribution in [0, 0.1) is 6.92 Å². The van der Waals surface area contributed by atoms with Crippen molar-refractivity contribution in [3.05, 3.63) is 50.7 Å². The van der Waals surface area contributed by atoms with E-state index >= 15 is 0 Å². The standard InChI is InChI=1S/C23H31N5O4/c1-15-9-11-18(12-10-15)32-14-17(29)13-28-19-20(26(2)23(31)27(3)21(19)30)25-22(28)24-16-7-5-4-6-8-16/h9-12,16-17,29H,4-8,13-14H2,1-3H3,(H,24,25). The highest BCUT2D eigenvalue weighted by Gasteiger charge is 2.23. The van der Waals surface area contributed by atoms with Crippen LogP contribution in [0.3, 0.4) is 0 Å². The van der Waals surface area contributed by atoms with Crippen molar-refractivity contribution in [1.29, 1.82) is 0 Å². The summed E-state index contributed by atoms with van der Waals surface area (Å²) in [4.78, 5) is 30.0. The van der Waals surface area contributed by atoms with Crippen molar-refractivity contribution < 1.29 is 9.84 Å². The first kappa shape index (κ1) is 22.1. The van der Waals surface area contributed by atoms with E-state index in [1.165, 1.54) is 18.0 Å². The lowest BCUT2D eigenvalue weighted by Gasteiger charge is -2.24. The topological polar surface area (TPSA) is 103 Å². The fraction of sp³-hybridized carbons (Fsp3) is 0.522. The van der Waals surface area contributed by atoms with Gasteiger partial charge in [-0.05, 0) is 31.9 Å². The van der Waals surface area contributed by atoms with E-state index in [1.54, 1.807) is 11.6 Å². The van der Waals surface area contributed by atoms with E-state index in [1.807, 2.05) is 31.2 Å². The van der Waals surface area contributed by atoms with Gasteiger partial charge >= 0.3 is 5.69 Å². The van der Waals surface area contributed by atoms with Gasteiger partial charge in [-0.2, -0.15) is 4.98 Å². The Labute approximate surface area is 186 Å². The van der Waals surface area contributed by atoms with Crippen LogP contribution in [-0.2, 0) is 20.6 Å². The molecular weight excluding hydrogens is 410 g/mol. The van der Waals surface area contributed by atoms with Crippen molar-refractivity contribution in [3.63, 3.8) is 0 Å². The third-order valence-corrected chi connectivity index (χ3v) is 6.14. The van der Waals surface area contributed by atoms with Gasteiger partial charge in [-0.25, -0.2) is 4.79 Å². The van der Waals surface area contributed by atoms with Crippen LogP contribution in [0.4, 0.5) is 5.95 Å². The SMILES string of the molecule is Cc1ccc(OCC(O)Cn2c(NC3CCCCC3)nc3c2c(=O)n(C)c(=O)n3C)cc1. The molecule has 9 nitrogen and oxygen atoms in total. The molecule has 0 aliphatic heterocycles. The molecule has 1 unspecified atom stereocenters. The molecule has 4 rings (SSSR count). The van der Waals surface area contributed by atoms with Crippen LogP contribution in [0.25, 0.3) is 11.2 Å². The highest BCUT2D eigenvalue weighted by molar-refractivity contribution is 5.74. The van der Waals surface area contributed by atoms with Crippen LogP contribution >= 0.6 is 0 Å². The molecule has 2 N–H and O–H groups in total. The van der Waals surface area contributed by atoms with Gasteiger partial charge in [0.2, 0.25) is 5.95 Å². The number of aromatic nitrogens is 4. The maximum atomic E-state index is 13.0. The number of rotatable bonds is 7. The molecule has 9 heteroatoms. The Balaban J connectivity index is 1.65. The lowest BCUT2D eigenvalue weighted by Crippen LogP contribution is -2.38. The minimum absolute atomic E-state index is 0.0671. The summed E-state index contributed by atoms with van der Waals surface area (Å²) in [7, 11) is 3.05. The van der Waals surface area contributed by atoms with Crippen molar-refractivity contribution >= 4 is 17.1 Å². The summed E-state index contributed by atoms with van der Waals surface area (Å²) in [5.74, 6) is 1.17. The third-order valence-electron chi connectivity index (χ3n) is 6.14. The summed E-state index contributed by atoms with van der Waals surface area (Å²) in [6.45, 7) is 2.18. The Bertz CT molecular complexity index is 1200. The first-order chi connectivity index (χ1) is 15.3. The van der Waals surface area contributed by atoms with Gasteiger partial charge in [-0.3, -0.25) is 13.9 Å². The maximum Gasteiger partial charge on any atom is 0.332 e. The smallest absolute Gasteiger partial charge is 0.332 e. The van der Waals surface area contributed by atoms with E-state index < -0.39 is 17.4 Å². The summed E-state index contributed by atoms with van der Waals surface area (Å²) in [5, 5.41) is 14.2. The van der Waals surface area contributed by atoms with Crippen LogP contribution in [0.15, 0.2) is 33.9 Å². The summed E-state index contributed by atoms with van der Waals surface area (Å²) in [6, 6.07) is 7.86. The van der Waals surface area contributed by atoms with Crippen LogP contribution < -0.4 is 21.3 Å². The number of benzene rings is 1. The molecule has 0 radical (unpaired) electrons. The molecule has 3 aromatic rings. The first-order valence-electron chi connectivity index (χ1n) is 11.2. The fourth-order valence-electron chi connectivity index (χ4n) is 4.25. The monoisotopic (exact) mass is 441 g/mol. The van der Waals surface area contributed by atoms with E-state index in [2.05, 4.69) is 10.3 Å². The summed E-state index contributed by atoms with van der Waals surface area (Å²) in [6.07, 6.45) is 4.69. The molecule has 2 aromatic heterocycles. The normalized spacial score (nSPS) is 15.8. The summed E-state index contributed by atoms with van der Waals surface area (Å²) < 4.78 is 9.86. The zero-order valence-electron chi connectivity index (χ0n) is 18.9. The first-order valence-corrected chi connectivity index (χ1v) is 11.2. The average molecular weight is 442 g/mol. The molecule has 1 fully saturated rings. The number of aliphatic hydroxyl groups excluding tert-OH is 1. The molecule has 0 saturated heterocycles. The van der Waals surface area contributed by atoms with Crippen LogP contribution in [0.5, 0.6) is 5.75 Å². The average Bonchev–Trinajstić information content (AvgIpc) is 3.14. The summed E-state index contributed by atoms with van der Waals surface area (Å²) >= 11 is 0. The Morgan fingerprint density at radius 2 is 1.81 bits per heavy atom.